The van der Waals surface area contributed by atoms with Crippen molar-refractivity contribution in [3.8, 4) is 0 Å². The van der Waals surface area contributed by atoms with Crippen LogP contribution < -0.4 is 0 Å². The zero-order chi connectivity index (χ0) is 14.3. The van der Waals surface area contributed by atoms with E-state index in [1.54, 1.807) is 0 Å². The summed E-state index contributed by atoms with van der Waals surface area (Å²) in [5.41, 5.74) is 0. The van der Waals surface area contributed by atoms with Crippen LogP contribution in [0.1, 0.15) is 32.6 Å². The first kappa shape index (κ1) is 14.3. The molecule has 2 unspecified atom stereocenters. The highest BCUT2D eigenvalue weighted by Crippen LogP contribution is 2.41. The number of hydrogen-bond acceptors (Lipinski definition) is 6. The van der Waals surface area contributed by atoms with Gasteiger partial charge in [0, 0.05) is 0 Å². The monoisotopic (exact) mass is 286 g/mol. The largest absolute Gasteiger partial charge is 0.427 e. The number of hydrogen-bond donors (Lipinski definition) is 2. The lowest BCUT2D eigenvalue weighted by Gasteiger charge is -2.37. The molecule has 20 heavy (non-hydrogen) atoms. The summed E-state index contributed by atoms with van der Waals surface area (Å²) < 4.78 is 15.9. The summed E-state index contributed by atoms with van der Waals surface area (Å²) >= 11 is 0. The van der Waals surface area contributed by atoms with E-state index in [-0.39, 0.29) is 25.1 Å². The van der Waals surface area contributed by atoms with Crippen molar-refractivity contribution >= 4 is 5.97 Å². The van der Waals surface area contributed by atoms with E-state index in [9.17, 15) is 15.0 Å². The smallest absolute Gasteiger partial charge is 0.311 e. The molecule has 2 heterocycles. The normalized spacial score (nSPS) is 46.9. The minimum absolute atomic E-state index is 0.0943. The van der Waals surface area contributed by atoms with Gasteiger partial charge in [0.2, 0.25) is 0 Å². The summed E-state index contributed by atoms with van der Waals surface area (Å²) in [5.74, 6) is -1.88. The molecule has 6 heteroatoms. The molecule has 114 valence electrons. The third-order valence-electron chi connectivity index (χ3n) is 4.71. The van der Waals surface area contributed by atoms with Gasteiger partial charge in [-0.25, -0.2) is 0 Å². The highest BCUT2D eigenvalue weighted by Gasteiger charge is 2.59. The van der Waals surface area contributed by atoms with E-state index < -0.39 is 24.1 Å². The molecule has 2 saturated heterocycles. The van der Waals surface area contributed by atoms with E-state index in [0.717, 1.165) is 25.7 Å². The van der Waals surface area contributed by atoms with Crippen LogP contribution in [0.4, 0.5) is 0 Å². The van der Waals surface area contributed by atoms with Crippen molar-refractivity contribution in [2.24, 2.45) is 11.8 Å². The second-order valence-corrected chi connectivity index (χ2v) is 6.10. The number of rotatable bonds is 4. The molecule has 0 aromatic rings. The summed E-state index contributed by atoms with van der Waals surface area (Å²) in [4.78, 5) is 12.2. The lowest BCUT2D eigenvalue weighted by atomic mass is 9.71. The Morgan fingerprint density at radius 2 is 2.20 bits per heavy atom. The van der Waals surface area contributed by atoms with E-state index in [4.69, 9.17) is 14.2 Å². The predicted octanol–water partition coefficient (Wildman–Crippen LogP) is 0.203. The first-order valence-corrected chi connectivity index (χ1v) is 7.41. The molecule has 0 aromatic heterocycles. The van der Waals surface area contributed by atoms with Crippen molar-refractivity contribution in [2.75, 3.05) is 13.2 Å². The van der Waals surface area contributed by atoms with Gasteiger partial charge in [-0.2, -0.15) is 0 Å². The lowest BCUT2D eigenvalue weighted by Crippen LogP contribution is -2.50. The Morgan fingerprint density at radius 3 is 2.85 bits per heavy atom. The van der Waals surface area contributed by atoms with Gasteiger partial charge >= 0.3 is 5.97 Å². The Kier molecular flexibility index (Phi) is 3.75. The third-order valence-corrected chi connectivity index (χ3v) is 4.71. The number of carbonyl (C=O) groups excluding carboxylic acids is 1. The van der Waals surface area contributed by atoms with Crippen molar-refractivity contribution in [3.05, 3.63) is 0 Å². The fourth-order valence-electron chi connectivity index (χ4n) is 3.41. The molecule has 6 nitrogen and oxygen atoms in total. The van der Waals surface area contributed by atoms with Crippen LogP contribution in [0.5, 0.6) is 0 Å². The number of aliphatic hydroxyl groups is 2. The molecule has 3 fully saturated rings. The molecule has 3 aliphatic rings. The van der Waals surface area contributed by atoms with Crippen LogP contribution in [0.15, 0.2) is 0 Å². The number of ether oxygens (including phenoxy) is 3. The van der Waals surface area contributed by atoms with Crippen molar-refractivity contribution in [1.82, 2.24) is 0 Å². The van der Waals surface area contributed by atoms with Gasteiger partial charge in [-0.1, -0.05) is 13.3 Å². The first-order chi connectivity index (χ1) is 9.55. The number of aliphatic hydroxyl groups excluding tert-OH is 1. The van der Waals surface area contributed by atoms with Crippen LogP contribution >= 0.6 is 0 Å². The van der Waals surface area contributed by atoms with Gasteiger partial charge in [0.15, 0.2) is 6.10 Å². The standard InChI is InChI=1S/C14H22O6/c1-2-3-8-4-5-9(8)13(16)20-14(17)7-19-11-10(15)6-18-12(11)14/h8-12,15,17H,2-7H2,1H3/t8?,9?,10-,11-,12+,14+/m1/s1. The molecule has 0 spiro atoms. The average molecular weight is 286 g/mol. The number of fused-ring (bicyclic) bond motifs is 1. The molecule has 6 atom stereocenters. The highest BCUT2D eigenvalue weighted by molar-refractivity contribution is 5.74. The minimum Gasteiger partial charge on any atom is -0.427 e. The van der Waals surface area contributed by atoms with Gasteiger partial charge in [0.05, 0.1) is 12.5 Å². The van der Waals surface area contributed by atoms with E-state index in [2.05, 4.69) is 6.92 Å². The van der Waals surface area contributed by atoms with E-state index in [0.29, 0.717) is 5.92 Å². The Labute approximate surface area is 118 Å². The first-order valence-electron chi connectivity index (χ1n) is 7.41. The second kappa shape index (κ2) is 5.26. The van der Waals surface area contributed by atoms with Crippen LogP contribution in [-0.4, -0.2) is 53.5 Å². The van der Waals surface area contributed by atoms with Crippen molar-refractivity contribution < 1.29 is 29.2 Å². The third kappa shape index (κ3) is 2.24. The molecular formula is C14H22O6. The summed E-state index contributed by atoms with van der Waals surface area (Å²) in [7, 11) is 0. The summed E-state index contributed by atoms with van der Waals surface area (Å²) in [6.07, 6.45) is 1.75. The van der Waals surface area contributed by atoms with Crippen molar-refractivity contribution in [3.63, 3.8) is 0 Å². The predicted molar refractivity (Wildman–Crippen MR) is 67.7 cm³/mol. The summed E-state index contributed by atoms with van der Waals surface area (Å²) in [6, 6.07) is 0. The van der Waals surface area contributed by atoms with Crippen LogP contribution in [0, 0.1) is 11.8 Å². The molecule has 2 aliphatic heterocycles. The molecule has 3 rings (SSSR count). The number of esters is 1. The summed E-state index contributed by atoms with van der Waals surface area (Å²) in [5, 5.41) is 20.1. The quantitative estimate of drug-likeness (QED) is 0.567. The van der Waals surface area contributed by atoms with Gasteiger partial charge in [-0.05, 0) is 25.2 Å². The molecule has 0 radical (unpaired) electrons. The van der Waals surface area contributed by atoms with E-state index >= 15 is 0 Å². The van der Waals surface area contributed by atoms with E-state index in [1.807, 2.05) is 0 Å². The lowest BCUT2D eigenvalue weighted by molar-refractivity contribution is -0.244. The topological polar surface area (TPSA) is 85.2 Å². The molecule has 0 bridgehead atoms. The van der Waals surface area contributed by atoms with Gasteiger partial charge in [-0.15, -0.1) is 0 Å². The fourth-order valence-corrected chi connectivity index (χ4v) is 3.41. The van der Waals surface area contributed by atoms with Gasteiger partial charge in [0.25, 0.3) is 5.79 Å². The molecule has 0 aromatic carbocycles. The maximum absolute atomic E-state index is 12.2. The van der Waals surface area contributed by atoms with Crippen LogP contribution in [0.3, 0.4) is 0 Å². The second-order valence-electron chi connectivity index (χ2n) is 6.10. The van der Waals surface area contributed by atoms with E-state index in [1.165, 1.54) is 0 Å². The van der Waals surface area contributed by atoms with Crippen LogP contribution in [0.2, 0.25) is 0 Å². The number of carbonyl (C=O) groups is 1. The molecule has 0 amide bonds. The Morgan fingerprint density at radius 1 is 1.40 bits per heavy atom. The van der Waals surface area contributed by atoms with Gasteiger partial charge < -0.3 is 24.4 Å². The van der Waals surface area contributed by atoms with Crippen LogP contribution in [0.25, 0.3) is 0 Å². The minimum atomic E-state index is -1.76. The maximum Gasteiger partial charge on any atom is 0.311 e. The van der Waals surface area contributed by atoms with Crippen LogP contribution in [-0.2, 0) is 19.0 Å². The van der Waals surface area contributed by atoms with Gasteiger partial charge in [-0.3, -0.25) is 4.79 Å². The zero-order valence-electron chi connectivity index (χ0n) is 11.7. The Hall–Kier alpha value is -0.690. The van der Waals surface area contributed by atoms with Gasteiger partial charge in [0.1, 0.15) is 18.8 Å². The fraction of sp³-hybridized carbons (Fsp3) is 0.929. The van der Waals surface area contributed by atoms with Crippen molar-refractivity contribution in [1.29, 1.82) is 0 Å². The maximum atomic E-state index is 12.2. The summed E-state index contributed by atoms with van der Waals surface area (Å²) in [6.45, 7) is 2.05. The molecule has 2 N–H and O–H groups in total. The zero-order valence-corrected chi connectivity index (χ0v) is 11.7. The molecule has 1 saturated carbocycles. The van der Waals surface area contributed by atoms with Crippen molar-refractivity contribution in [2.45, 2.75) is 56.7 Å². The average Bonchev–Trinajstić information content (AvgIpc) is 2.88. The molecule has 1 aliphatic carbocycles. The Bertz CT molecular complexity index is 386. The Balaban J connectivity index is 1.61. The highest BCUT2D eigenvalue weighted by atomic mass is 16.7. The molecular weight excluding hydrogens is 264 g/mol. The SMILES string of the molecule is CCCC1CCC1C(=O)O[C@@]1(O)CO[C@@H]2[C@H](O)CO[C@@H]21.